The molecule has 0 aromatic heterocycles. The second-order valence-electron chi connectivity index (χ2n) is 9.18. The van der Waals surface area contributed by atoms with Crippen molar-refractivity contribution in [3.8, 4) is 0 Å². The molecule has 1 N–H and O–H groups in total. The van der Waals surface area contributed by atoms with Gasteiger partial charge >= 0.3 is 0 Å². The number of anilines is 1. The molecule has 0 heterocycles. The molecule has 2 amide bonds. The van der Waals surface area contributed by atoms with Crippen LogP contribution in [-0.2, 0) is 26.2 Å². The van der Waals surface area contributed by atoms with Gasteiger partial charge in [-0.3, -0.25) is 13.9 Å². The zero-order chi connectivity index (χ0) is 27.8. The number of sulfonamides is 1. The van der Waals surface area contributed by atoms with E-state index in [1.807, 2.05) is 39.0 Å². The third kappa shape index (κ3) is 8.62. The second-order valence-corrected chi connectivity index (χ2v) is 11.9. The maximum atomic E-state index is 13.5. The van der Waals surface area contributed by atoms with Crippen LogP contribution < -0.4 is 9.62 Å². The molecule has 204 valence electrons. The standard InChI is InChI=1S/C27H37Cl2N3O4S/c1-6-19(3)30-27(34)24(7-2)31(18-21-12-8-9-13-23(21)29)26(33)16-11-17-32(37(5,35)36)25-15-10-14-22(28)20(25)4/h8-10,12-15,19,24H,6-7,11,16-18H2,1-5H3,(H,30,34). The number of carbonyl (C=O) groups excluding carboxylic acids is 2. The molecular weight excluding hydrogens is 533 g/mol. The van der Waals surface area contributed by atoms with Crippen LogP contribution in [0.5, 0.6) is 0 Å². The first-order valence-electron chi connectivity index (χ1n) is 12.5. The van der Waals surface area contributed by atoms with Crippen molar-refractivity contribution < 1.29 is 18.0 Å². The predicted octanol–water partition coefficient (Wildman–Crippen LogP) is 5.57. The van der Waals surface area contributed by atoms with E-state index in [-0.39, 0.29) is 43.8 Å². The minimum atomic E-state index is -3.61. The summed E-state index contributed by atoms with van der Waals surface area (Å²) in [5, 5.41) is 3.95. The number of hydrogen-bond donors (Lipinski definition) is 1. The molecule has 0 bridgehead atoms. The number of benzene rings is 2. The molecule has 0 saturated heterocycles. The van der Waals surface area contributed by atoms with Crippen LogP contribution in [0.1, 0.15) is 57.6 Å². The zero-order valence-electron chi connectivity index (χ0n) is 22.1. The van der Waals surface area contributed by atoms with E-state index in [4.69, 9.17) is 23.2 Å². The molecule has 2 rings (SSSR count). The van der Waals surface area contributed by atoms with Gasteiger partial charge in [0.15, 0.2) is 0 Å². The summed E-state index contributed by atoms with van der Waals surface area (Å²) >= 11 is 12.6. The number of halogens is 2. The average Bonchev–Trinajstić information content (AvgIpc) is 2.84. The van der Waals surface area contributed by atoms with Crippen molar-refractivity contribution in [1.29, 1.82) is 0 Å². The number of nitrogens with one attached hydrogen (secondary N) is 1. The van der Waals surface area contributed by atoms with Gasteiger partial charge in [0.05, 0.1) is 11.9 Å². The van der Waals surface area contributed by atoms with Crippen molar-refractivity contribution >= 4 is 50.7 Å². The number of amides is 2. The lowest BCUT2D eigenvalue weighted by Crippen LogP contribution is -2.50. The van der Waals surface area contributed by atoms with Crippen molar-refractivity contribution in [3.05, 3.63) is 63.6 Å². The van der Waals surface area contributed by atoms with Gasteiger partial charge in [-0.05, 0) is 62.4 Å². The molecule has 0 aliphatic carbocycles. The van der Waals surface area contributed by atoms with E-state index in [1.165, 1.54) is 4.31 Å². The molecule has 2 aromatic rings. The topological polar surface area (TPSA) is 86.8 Å². The number of nitrogens with zero attached hydrogens (tertiary/aromatic N) is 2. The monoisotopic (exact) mass is 569 g/mol. The van der Waals surface area contributed by atoms with Crippen LogP contribution in [0.15, 0.2) is 42.5 Å². The molecule has 0 saturated carbocycles. The van der Waals surface area contributed by atoms with Crippen LogP contribution in [0.3, 0.4) is 0 Å². The maximum absolute atomic E-state index is 13.5. The van der Waals surface area contributed by atoms with Crippen molar-refractivity contribution in [2.24, 2.45) is 0 Å². The van der Waals surface area contributed by atoms with Gasteiger partial charge in [-0.15, -0.1) is 0 Å². The van der Waals surface area contributed by atoms with E-state index < -0.39 is 16.1 Å². The number of rotatable bonds is 13. The highest BCUT2D eigenvalue weighted by molar-refractivity contribution is 7.92. The summed E-state index contributed by atoms with van der Waals surface area (Å²) in [6.07, 6.45) is 2.65. The van der Waals surface area contributed by atoms with E-state index in [9.17, 15) is 18.0 Å². The third-order valence-electron chi connectivity index (χ3n) is 6.35. The molecule has 0 fully saturated rings. The molecule has 37 heavy (non-hydrogen) atoms. The first kappa shape index (κ1) is 30.9. The van der Waals surface area contributed by atoms with Gasteiger partial charge in [0.1, 0.15) is 6.04 Å². The highest BCUT2D eigenvalue weighted by Gasteiger charge is 2.30. The molecule has 0 spiro atoms. The molecule has 2 atom stereocenters. The molecule has 0 aliphatic heterocycles. The van der Waals surface area contributed by atoms with Gasteiger partial charge < -0.3 is 10.2 Å². The van der Waals surface area contributed by atoms with Crippen LogP contribution in [0, 0.1) is 6.92 Å². The van der Waals surface area contributed by atoms with Gasteiger partial charge in [0, 0.05) is 35.6 Å². The van der Waals surface area contributed by atoms with Crippen molar-refractivity contribution in [2.75, 3.05) is 17.1 Å². The SMILES string of the molecule is CCC(C)NC(=O)C(CC)N(Cc1ccccc1Cl)C(=O)CCCN(c1cccc(Cl)c1C)S(C)(=O)=O. The Morgan fingerprint density at radius 1 is 1.00 bits per heavy atom. The van der Waals surface area contributed by atoms with E-state index in [1.54, 1.807) is 36.1 Å². The van der Waals surface area contributed by atoms with Crippen molar-refractivity contribution in [3.63, 3.8) is 0 Å². The van der Waals surface area contributed by atoms with Crippen LogP contribution in [0.2, 0.25) is 10.0 Å². The first-order valence-corrected chi connectivity index (χ1v) is 15.1. The summed E-state index contributed by atoms with van der Waals surface area (Å²) in [4.78, 5) is 28.2. The quantitative estimate of drug-likeness (QED) is 0.341. The Balaban J connectivity index is 2.27. The normalized spacial score (nSPS) is 13.1. The van der Waals surface area contributed by atoms with Crippen molar-refractivity contribution in [2.45, 2.75) is 72.0 Å². The van der Waals surface area contributed by atoms with Gasteiger partial charge in [-0.25, -0.2) is 8.42 Å². The molecule has 2 aromatic carbocycles. The van der Waals surface area contributed by atoms with Gasteiger partial charge in [-0.1, -0.05) is 61.3 Å². The maximum Gasteiger partial charge on any atom is 0.243 e. The largest absolute Gasteiger partial charge is 0.352 e. The summed E-state index contributed by atoms with van der Waals surface area (Å²) in [5.41, 5.74) is 1.86. The van der Waals surface area contributed by atoms with Gasteiger partial charge in [-0.2, -0.15) is 0 Å². The Hall–Kier alpha value is -2.29. The summed E-state index contributed by atoms with van der Waals surface area (Å²) in [5.74, 6) is -0.466. The molecule has 7 nitrogen and oxygen atoms in total. The van der Waals surface area contributed by atoms with Crippen LogP contribution >= 0.6 is 23.2 Å². The smallest absolute Gasteiger partial charge is 0.243 e. The van der Waals surface area contributed by atoms with Crippen LogP contribution in [0.4, 0.5) is 5.69 Å². The molecule has 0 radical (unpaired) electrons. The van der Waals surface area contributed by atoms with Gasteiger partial charge in [0.2, 0.25) is 21.8 Å². The average molecular weight is 571 g/mol. The Bertz CT molecular complexity index is 1190. The summed E-state index contributed by atoms with van der Waals surface area (Å²) in [7, 11) is -3.61. The summed E-state index contributed by atoms with van der Waals surface area (Å²) < 4.78 is 26.4. The number of carbonyl (C=O) groups is 2. The number of hydrogen-bond acceptors (Lipinski definition) is 4. The zero-order valence-corrected chi connectivity index (χ0v) is 24.5. The second kappa shape index (κ2) is 14.0. The predicted molar refractivity (Wildman–Crippen MR) is 152 cm³/mol. The third-order valence-corrected chi connectivity index (χ3v) is 8.30. The summed E-state index contributed by atoms with van der Waals surface area (Å²) in [6, 6.07) is 11.6. The van der Waals surface area contributed by atoms with Crippen LogP contribution in [-0.4, -0.2) is 50.0 Å². The fraction of sp³-hybridized carbons (Fsp3) is 0.481. The highest BCUT2D eigenvalue weighted by Crippen LogP contribution is 2.29. The Labute approximate surface area is 231 Å². The lowest BCUT2D eigenvalue weighted by Gasteiger charge is -2.32. The lowest BCUT2D eigenvalue weighted by molar-refractivity contribution is -0.141. The first-order chi connectivity index (χ1) is 17.4. The van der Waals surface area contributed by atoms with Crippen LogP contribution in [0.25, 0.3) is 0 Å². The van der Waals surface area contributed by atoms with Crippen molar-refractivity contribution in [1.82, 2.24) is 10.2 Å². The van der Waals surface area contributed by atoms with E-state index in [2.05, 4.69) is 5.32 Å². The highest BCUT2D eigenvalue weighted by atomic mass is 35.5. The van der Waals surface area contributed by atoms with E-state index >= 15 is 0 Å². The Morgan fingerprint density at radius 2 is 1.65 bits per heavy atom. The van der Waals surface area contributed by atoms with Gasteiger partial charge in [0.25, 0.3) is 0 Å². The minimum absolute atomic E-state index is 0.0249. The van der Waals surface area contributed by atoms with E-state index in [0.29, 0.717) is 27.7 Å². The Morgan fingerprint density at radius 3 is 2.24 bits per heavy atom. The summed E-state index contributed by atoms with van der Waals surface area (Å²) in [6.45, 7) is 7.79. The molecule has 2 unspecified atom stereocenters. The fourth-order valence-corrected chi connectivity index (χ4v) is 5.40. The molecule has 0 aliphatic rings. The fourth-order valence-electron chi connectivity index (χ4n) is 4.02. The Kier molecular flexibility index (Phi) is 11.7. The minimum Gasteiger partial charge on any atom is -0.352 e. The molecular formula is C27H37Cl2N3O4S. The molecule has 10 heteroatoms. The lowest BCUT2D eigenvalue weighted by atomic mass is 10.1. The van der Waals surface area contributed by atoms with E-state index in [0.717, 1.165) is 18.2 Å².